The van der Waals surface area contributed by atoms with E-state index in [1.54, 1.807) is 6.20 Å². The first-order valence-corrected chi connectivity index (χ1v) is 4.98. The lowest BCUT2D eigenvalue weighted by Crippen LogP contribution is -1.91. The summed E-state index contributed by atoms with van der Waals surface area (Å²) in [7, 11) is 1.92. The second kappa shape index (κ2) is 3.10. The molecule has 0 atom stereocenters. The van der Waals surface area contributed by atoms with Gasteiger partial charge >= 0.3 is 0 Å². The maximum Gasteiger partial charge on any atom is 0.157 e. The molecule has 0 saturated heterocycles. The fraction of sp³-hybridized carbons (Fsp3) is 0.333. The number of aryl methyl sites for hydroxylation is 2. The lowest BCUT2D eigenvalue weighted by Gasteiger charge is -1.92. The van der Waals surface area contributed by atoms with Crippen molar-refractivity contribution in [2.75, 3.05) is 0 Å². The van der Waals surface area contributed by atoms with Crippen molar-refractivity contribution in [2.45, 2.75) is 13.3 Å². The average molecular weight is 240 g/mol. The van der Waals surface area contributed by atoms with Crippen LogP contribution in [-0.4, -0.2) is 14.8 Å². The molecular weight excluding hydrogens is 230 g/mol. The van der Waals surface area contributed by atoms with Crippen molar-refractivity contribution in [3.63, 3.8) is 0 Å². The third kappa shape index (κ3) is 1.35. The lowest BCUT2D eigenvalue weighted by molar-refractivity contribution is 0.762. The number of nitrogens with zero attached hydrogens (tertiary/aromatic N) is 3. The molecule has 0 radical (unpaired) electrons. The number of pyridine rings is 1. The minimum atomic E-state index is 0.940. The van der Waals surface area contributed by atoms with Gasteiger partial charge in [-0.2, -0.15) is 5.10 Å². The number of fused-ring (bicyclic) bond motifs is 1. The highest BCUT2D eigenvalue weighted by Crippen LogP contribution is 2.20. The maximum absolute atomic E-state index is 4.38. The molecule has 0 spiro atoms. The Hall–Kier alpha value is -0.900. The van der Waals surface area contributed by atoms with Crippen molar-refractivity contribution in [2.24, 2.45) is 7.05 Å². The molecule has 0 N–H and O–H groups in total. The molecule has 0 aliphatic rings. The van der Waals surface area contributed by atoms with Gasteiger partial charge in [0, 0.05) is 23.1 Å². The zero-order valence-electron chi connectivity index (χ0n) is 7.58. The van der Waals surface area contributed by atoms with Crippen molar-refractivity contribution in [3.05, 3.63) is 22.4 Å². The van der Waals surface area contributed by atoms with E-state index >= 15 is 0 Å². The van der Waals surface area contributed by atoms with Gasteiger partial charge in [-0.3, -0.25) is 4.68 Å². The zero-order chi connectivity index (χ0) is 9.42. The Kier molecular flexibility index (Phi) is 2.07. The number of hydrogen-bond acceptors (Lipinski definition) is 2. The molecule has 2 aromatic heterocycles. The Morgan fingerprint density at radius 3 is 3.00 bits per heavy atom. The molecule has 0 aliphatic carbocycles. The highest BCUT2D eigenvalue weighted by atomic mass is 79.9. The van der Waals surface area contributed by atoms with E-state index in [9.17, 15) is 0 Å². The van der Waals surface area contributed by atoms with Crippen LogP contribution in [0.3, 0.4) is 0 Å². The van der Waals surface area contributed by atoms with Gasteiger partial charge in [0.1, 0.15) is 0 Å². The van der Waals surface area contributed by atoms with Crippen LogP contribution in [0.1, 0.15) is 12.6 Å². The average Bonchev–Trinajstić information content (AvgIpc) is 2.42. The normalized spacial score (nSPS) is 11.0. The Labute approximate surface area is 84.9 Å². The largest absolute Gasteiger partial charge is 0.250 e. The van der Waals surface area contributed by atoms with Crippen LogP contribution in [0.5, 0.6) is 0 Å². The van der Waals surface area contributed by atoms with E-state index in [1.165, 1.54) is 0 Å². The van der Waals surface area contributed by atoms with Crippen molar-refractivity contribution in [1.29, 1.82) is 0 Å². The summed E-state index contributed by atoms with van der Waals surface area (Å²) in [6.07, 6.45) is 2.74. The van der Waals surface area contributed by atoms with E-state index in [0.29, 0.717) is 0 Å². The molecule has 0 bridgehead atoms. The minimum Gasteiger partial charge on any atom is -0.250 e. The number of aromatic nitrogens is 3. The summed E-state index contributed by atoms with van der Waals surface area (Å²) in [5.41, 5.74) is 2.05. The smallest absolute Gasteiger partial charge is 0.157 e. The third-order valence-corrected chi connectivity index (χ3v) is 2.49. The molecule has 2 heterocycles. The van der Waals surface area contributed by atoms with E-state index in [4.69, 9.17) is 0 Å². The molecule has 0 amide bonds. The summed E-state index contributed by atoms with van der Waals surface area (Å²) in [6.45, 7) is 2.10. The van der Waals surface area contributed by atoms with Crippen LogP contribution >= 0.6 is 15.9 Å². The van der Waals surface area contributed by atoms with Gasteiger partial charge in [0.05, 0.1) is 5.69 Å². The molecule has 2 aromatic rings. The molecule has 4 heteroatoms. The Morgan fingerprint density at radius 2 is 2.31 bits per heavy atom. The van der Waals surface area contributed by atoms with Gasteiger partial charge in [-0.15, -0.1) is 0 Å². The van der Waals surface area contributed by atoms with Crippen LogP contribution in [0, 0.1) is 0 Å². The molecule has 3 nitrogen and oxygen atoms in total. The molecular formula is C9H10BrN3. The summed E-state index contributed by atoms with van der Waals surface area (Å²) in [4.78, 5) is 4.30. The second-order valence-electron chi connectivity index (χ2n) is 2.95. The van der Waals surface area contributed by atoms with Crippen molar-refractivity contribution >= 4 is 27.0 Å². The van der Waals surface area contributed by atoms with Crippen molar-refractivity contribution in [3.8, 4) is 0 Å². The fourth-order valence-corrected chi connectivity index (χ4v) is 1.78. The van der Waals surface area contributed by atoms with Gasteiger partial charge in [0.2, 0.25) is 0 Å². The van der Waals surface area contributed by atoms with Gasteiger partial charge < -0.3 is 0 Å². The summed E-state index contributed by atoms with van der Waals surface area (Å²) in [5.74, 6) is 0. The predicted molar refractivity (Wildman–Crippen MR) is 55.6 cm³/mol. The van der Waals surface area contributed by atoms with Gasteiger partial charge in [-0.1, -0.05) is 6.92 Å². The van der Waals surface area contributed by atoms with Crippen molar-refractivity contribution < 1.29 is 0 Å². The number of rotatable bonds is 1. The third-order valence-electron chi connectivity index (χ3n) is 2.06. The standard InChI is InChI=1S/C9H10BrN3/c1-3-8-7-4-6(10)5-11-9(7)13(2)12-8/h4-5H,3H2,1-2H3. The quantitative estimate of drug-likeness (QED) is 0.765. The SMILES string of the molecule is CCc1nn(C)c2ncc(Br)cc12. The molecule has 0 saturated carbocycles. The van der Waals surface area contributed by atoms with E-state index < -0.39 is 0 Å². The molecule has 0 fully saturated rings. The molecule has 68 valence electrons. The first-order valence-electron chi connectivity index (χ1n) is 4.19. The first kappa shape index (κ1) is 8.69. The van der Waals surface area contributed by atoms with E-state index in [1.807, 2.05) is 11.7 Å². The van der Waals surface area contributed by atoms with Crippen LogP contribution in [0.15, 0.2) is 16.7 Å². The van der Waals surface area contributed by atoms with Gasteiger partial charge in [-0.25, -0.2) is 4.98 Å². The van der Waals surface area contributed by atoms with E-state index in [2.05, 4.69) is 39.0 Å². The van der Waals surface area contributed by atoms with Crippen molar-refractivity contribution in [1.82, 2.24) is 14.8 Å². The van der Waals surface area contributed by atoms with Crippen LogP contribution in [0.25, 0.3) is 11.0 Å². The van der Waals surface area contributed by atoms with E-state index in [-0.39, 0.29) is 0 Å². The minimum absolute atomic E-state index is 0.940. The molecule has 13 heavy (non-hydrogen) atoms. The number of halogens is 1. The van der Waals surface area contributed by atoms with Crippen LogP contribution in [0.4, 0.5) is 0 Å². The van der Waals surface area contributed by atoms with Gasteiger partial charge in [0.25, 0.3) is 0 Å². The molecule has 0 aromatic carbocycles. The van der Waals surface area contributed by atoms with Gasteiger partial charge in [-0.05, 0) is 28.4 Å². The Morgan fingerprint density at radius 1 is 1.54 bits per heavy atom. The zero-order valence-corrected chi connectivity index (χ0v) is 9.17. The summed E-state index contributed by atoms with van der Waals surface area (Å²) in [5, 5.41) is 5.52. The lowest BCUT2D eigenvalue weighted by atomic mass is 10.2. The molecule has 0 unspecified atom stereocenters. The van der Waals surface area contributed by atoms with E-state index in [0.717, 1.165) is 27.6 Å². The van der Waals surface area contributed by atoms with Crippen LogP contribution in [-0.2, 0) is 13.5 Å². The Bertz CT molecular complexity index is 447. The van der Waals surface area contributed by atoms with Crippen LogP contribution < -0.4 is 0 Å². The second-order valence-corrected chi connectivity index (χ2v) is 3.86. The maximum atomic E-state index is 4.38. The highest BCUT2D eigenvalue weighted by Gasteiger charge is 2.07. The first-order chi connectivity index (χ1) is 6.22. The Balaban J connectivity index is 2.81. The summed E-state index contributed by atoms with van der Waals surface area (Å²) in [6, 6.07) is 2.06. The number of hydrogen-bond donors (Lipinski definition) is 0. The highest BCUT2D eigenvalue weighted by molar-refractivity contribution is 9.10. The summed E-state index contributed by atoms with van der Waals surface area (Å²) < 4.78 is 2.82. The monoisotopic (exact) mass is 239 g/mol. The fourth-order valence-electron chi connectivity index (χ4n) is 1.45. The summed E-state index contributed by atoms with van der Waals surface area (Å²) >= 11 is 3.41. The molecule has 0 aliphatic heterocycles. The van der Waals surface area contributed by atoms with Crippen LogP contribution in [0.2, 0.25) is 0 Å². The molecule has 2 rings (SSSR count). The van der Waals surface area contributed by atoms with Gasteiger partial charge in [0.15, 0.2) is 5.65 Å². The predicted octanol–water partition coefficient (Wildman–Crippen LogP) is 2.29. The topological polar surface area (TPSA) is 30.7 Å².